The largest absolute Gasteiger partial charge is 0.489 e. The van der Waals surface area contributed by atoms with E-state index in [4.69, 9.17) is 4.74 Å². The Morgan fingerprint density at radius 2 is 1.53 bits per heavy atom. The fraction of sp³-hybridized carbons (Fsp3) is 0.269. The molecule has 4 rings (SSSR count). The summed E-state index contributed by atoms with van der Waals surface area (Å²) in [5, 5.41) is 9.81. The first kappa shape index (κ1) is 20.2. The third-order valence-corrected chi connectivity index (χ3v) is 5.72. The average molecular weight is 402 g/mol. The molecule has 2 unspecified atom stereocenters. The molecule has 1 heterocycles. The number of carboxylic acid groups (broad SMARTS) is 1. The third-order valence-electron chi connectivity index (χ3n) is 5.72. The summed E-state index contributed by atoms with van der Waals surface area (Å²) in [5.74, 6) is 0.0706. The molecule has 30 heavy (non-hydrogen) atoms. The first-order valence-electron chi connectivity index (χ1n) is 10.5. The molecule has 1 aliphatic rings. The van der Waals surface area contributed by atoms with Gasteiger partial charge in [-0.05, 0) is 48.2 Å². The van der Waals surface area contributed by atoms with Crippen LogP contribution in [-0.4, -0.2) is 28.6 Å². The van der Waals surface area contributed by atoms with Gasteiger partial charge in [0.1, 0.15) is 18.4 Å². The first-order chi connectivity index (χ1) is 14.7. The number of nitrogens with zero attached hydrogens (tertiary/aromatic N) is 1. The molecule has 0 amide bonds. The van der Waals surface area contributed by atoms with Crippen LogP contribution in [0.15, 0.2) is 84.9 Å². The van der Waals surface area contributed by atoms with Crippen molar-refractivity contribution in [2.24, 2.45) is 0 Å². The quantitative estimate of drug-likeness (QED) is 0.584. The van der Waals surface area contributed by atoms with E-state index in [1.807, 2.05) is 60.7 Å². The monoisotopic (exact) mass is 401 g/mol. The van der Waals surface area contributed by atoms with Crippen LogP contribution in [0.4, 0.5) is 0 Å². The molecule has 0 aromatic heterocycles. The van der Waals surface area contributed by atoms with E-state index in [1.165, 1.54) is 0 Å². The van der Waals surface area contributed by atoms with Crippen LogP contribution in [0.2, 0.25) is 0 Å². The van der Waals surface area contributed by atoms with Crippen molar-refractivity contribution in [2.45, 2.75) is 38.0 Å². The van der Waals surface area contributed by atoms with Crippen molar-refractivity contribution < 1.29 is 14.6 Å². The van der Waals surface area contributed by atoms with Crippen LogP contribution in [-0.2, 0) is 11.4 Å². The van der Waals surface area contributed by atoms with Gasteiger partial charge in [0.15, 0.2) is 0 Å². The molecule has 4 heteroatoms. The van der Waals surface area contributed by atoms with Crippen LogP contribution in [0, 0.1) is 0 Å². The molecule has 1 N–H and O–H groups in total. The van der Waals surface area contributed by atoms with Gasteiger partial charge in [0, 0.05) is 0 Å². The lowest BCUT2D eigenvalue weighted by Crippen LogP contribution is -2.46. The lowest BCUT2D eigenvalue weighted by Gasteiger charge is -2.39. The van der Waals surface area contributed by atoms with Crippen molar-refractivity contribution in [3.63, 3.8) is 0 Å². The van der Waals surface area contributed by atoms with Crippen molar-refractivity contribution in [1.29, 1.82) is 0 Å². The third kappa shape index (κ3) is 4.71. The summed E-state index contributed by atoms with van der Waals surface area (Å²) in [6.07, 6.45) is 2.67. The molecule has 4 nitrogen and oxygen atoms in total. The number of rotatable bonds is 7. The Balaban J connectivity index is 1.58. The van der Waals surface area contributed by atoms with Crippen LogP contribution in [0.25, 0.3) is 0 Å². The predicted molar refractivity (Wildman–Crippen MR) is 117 cm³/mol. The van der Waals surface area contributed by atoms with E-state index in [1.54, 1.807) is 0 Å². The van der Waals surface area contributed by atoms with E-state index in [0.29, 0.717) is 13.0 Å². The van der Waals surface area contributed by atoms with E-state index >= 15 is 0 Å². The lowest BCUT2D eigenvalue weighted by molar-refractivity contribution is -0.145. The molecule has 154 valence electrons. The van der Waals surface area contributed by atoms with Gasteiger partial charge in [-0.25, -0.2) is 0 Å². The Labute approximate surface area is 177 Å². The fourth-order valence-electron chi connectivity index (χ4n) is 4.23. The summed E-state index contributed by atoms with van der Waals surface area (Å²) in [6, 6.07) is 27.8. The maximum Gasteiger partial charge on any atom is 0.320 e. The summed E-state index contributed by atoms with van der Waals surface area (Å²) in [5.41, 5.74) is 3.33. The molecular weight excluding hydrogens is 374 g/mol. The van der Waals surface area contributed by atoms with Gasteiger partial charge >= 0.3 is 5.97 Å². The van der Waals surface area contributed by atoms with E-state index in [0.717, 1.165) is 41.8 Å². The highest BCUT2D eigenvalue weighted by molar-refractivity contribution is 5.73. The van der Waals surface area contributed by atoms with Crippen LogP contribution >= 0.6 is 0 Å². The smallest absolute Gasteiger partial charge is 0.320 e. The molecule has 0 spiro atoms. The number of piperidine rings is 1. The predicted octanol–water partition coefficient (Wildman–Crippen LogP) is 5.29. The topological polar surface area (TPSA) is 49.8 Å². The molecule has 0 bridgehead atoms. The summed E-state index contributed by atoms with van der Waals surface area (Å²) < 4.78 is 5.93. The second-order valence-electron chi connectivity index (χ2n) is 7.74. The zero-order chi connectivity index (χ0) is 20.8. The normalized spacial score (nSPS) is 17.9. The van der Waals surface area contributed by atoms with Crippen LogP contribution in [0.5, 0.6) is 5.75 Å². The number of aliphatic carboxylic acids is 1. The van der Waals surface area contributed by atoms with Gasteiger partial charge < -0.3 is 9.84 Å². The maximum absolute atomic E-state index is 11.9. The fourth-order valence-corrected chi connectivity index (χ4v) is 4.23. The minimum Gasteiger partial charge on any atom is -0.489 e. The molecule has 0 saturated carbocycles. The molecule has 1 saturated heterocycles. The molecule has 0 aliphatic carbocycles. The Morgan fingerprint density at radius 1 is 0.900 bits per heavy atom. The van der Waals surface area contributed by atoms with Gasteiger partial charge in [-0.15, -0.1) is 0 Å². The number of benzene rings is 3. The van der Waals surface area contributed by atoms with E-state index in [9.17, 15) is 9.90 Å². The Bertz CT molecular complexity index is 941. The number of carbonyl (C=O) groups is 1. The molecular formula is C26H27NO3. The number of carboxylic acids is 1. The number of ether oxygens (including phenoxy) is 1. The van der Waals surface area contributed by atoms with Gasteiger partial charge in [-0.2, -0.15) is 0 Å². The second-order valence-corrected chi connectivity index (χ2v) is 7.74. The molecule has 3 aromatic rings. The average Bonchev–Trinajstić information content (AvgIpc) is 2.80. The zero-order valence-electron chi connectivity index (χ0n) is 17.0. The number of likely N-dealkylation sites (tertiary alicyclic amines) is 1. The summed E-state index contributed by atoms with van der Waals surface area (Å²) >= 11 is 0. The van der Waals surface area contributed by atoms with Gasteiger partial charge in [-0.3, -0.25) is 9.69 Å². The minimum atomic E-state index is -0.738. The molecule has 0 radical (unpaired) electrons. The number of hydrogen-bond donors (Lipinski definition) is 1. The Hall–Kier alpha value is -3.11. The first-order valence-corrected chi connectivity index (χ1v) is 10.5. The highest BCUT2D eigenvalue weighted by Crippen LogP contribution is 2.35. The van der Waals surface area contributed by atoms with Gasteiger partial charge in [0.25, 0.3) is 0 Å². The van der Waals surface area contributed by atoms with E-state index < -0.39 is 12.0 Å². The van der Waals surface area contributed by atoms with E-state index in [2.05, 4.69) is 29.2 Å². The Kier molecular flexibility index (Phi) is 6.45. The molecule has 3 aromatic carbocycles. The summed E-state index contributed by atoms with van der Waals surface area (Å²) in [4.78, 5) is 14.1. The van der Waals surface area contributed by atoms with Crippen LogP contribution in [0.3, 0.4) is 0 Å². The SMILES string of the molecule is O=C(O)C1CCCCN1C(c1ccccc1)c1ccc(OCc2ccccc2)cc1. The highest BCUT2D eigenvalue weighted by Gasteiger charge is 2.35. The summed E-state index contributed by atoms with van der Waals surface area (Å²) in [7, 11) is 0. The van der Waals surface area contributed by atoms with Crippen molar-refractivity contribution in [2.75, 3.05) is 6.54 Å². The highest BCUT2D eigenvalue weighted by atomic mass is 16.5. The second kappa shape index (κ2) is 9.59. The molecule has 2 atom stereocenters. The van der Waals surface area contributed by atoms with Crippen molar-refractivity contribution in [1.82, 2.24) is 4.90 Å². The summed E-state index contributed by atoms with van der Waals surface area (Å²) in [6.45, 7) is 1.30. The van der Waals surface area contributed by atoms with E-state index in [-0.39, 0.29) is 6.04 Å². The molecule has 1 aliphatic heterocycles. The van der Waals surface area contributed by atoms with Gasteiger partial charge in [0.05, 0.1) is 6.04 Å². The van der Waals surface area contributed by atoms with Crippen molar-refractivity contribution in [3.8, 4) is 5.75 Å². The maximum atomic E-state index is 11.9. The Morgan fingerprint density at radius 3 is 2.20 bits per heavy atom. The van der Waals surface area contributed by atoms with Gasteiger partial charge in [-0.1, -0.05) is 79.2 Å². The standard InChI is InChI=1S/C26H27NO3/c28-26(29)24-13-7-8-18-27(24)25(21-11-5-2-6-12-21)22-14-16-23(17-15-22)30-19-20-9-3-1-4-10-20/h1-6,9-12,14-17,24-25H,7-8,13,18-19H2,(H,28,29). The minimum absolute atomic E-state index is 0.0872. The zero-order valence-corrected chi connectivity index (χ0v) is 17.0. The number of hydrogen-bond acceptors (Lipinski definition) is 3. The van der Waals surface area contributed by atoms with Crippen molar-refractivity contribution >= 4 is 5.97 Å². The molecule has 1 fully saturated rings. The van der Waals surface area contributed by atoms with Crippen LogP contribution in [0.1, 0.15) is 42.0 Å². The van der Waals surface area contributed by atoms with Crippen LogP contribution < -0.4 is 4.74 Å². The van der Waals surface area contributed by atoms with Crippen molar-refractivity contribution in [3.05, 3.63) is 102 Å². The lowest BCUT2D eigenvalue weighted by atomic mass is 9.91. The van der Waals surface area contributed by atoms with Gasteiger partial charge in [0.2, 0.25) is 0 Å².